The van der Waals surface area contributed by atoms with Crippen molar-refractivity contribution in [2.75, 3.05) is 6.61 Å². The highest BCUT2D eigenvalue weighted by Gasteiger charge is 2.46. The number of Topliss-reactive ketones (excluding diaryl/α,β-unsaturated/α-hetero) is 2. The third kappa shape index (κ3) is 4.35. The van der Waals surface area contributed by atoms with Crippen LogP contribution in [0.1, 0.15) is 84.6 Å². The molecule has 166 valence electrons. The van der Waals surface area contributed by atoms with Gasteiger partial charge in [0, 0.05) is 41.3 Å². The maximum absolute atomic E-state index is 13.3. The van der Waals surface area contributed by atoms with Gasteiger partial charge >= 0.3 is 0 Å². The van der Waals surface area contributed by atoms with Gasteiger partial charge in [-0.25, -0.2) is 0 Å². The summed E-state index contributed by atoms with van der Waals surface area (Å²) in [5, 5.41) is 3.57. The maximum atomic E-state index is 13.3. The number of benzene rings is 1. The molecule has 4 heteroatoms. The molecule has 1 aromatic carbocycles. The van der Waals surface area contributed by atoms with Crippen LogP contribution < -0.4 is 10.1 Å². The van der Waals surface area contributed by atoms with Crippen molar-refractivity contribution in [2.24, 2.45) is 10.8 Å². The number of carbonyl (C=O) groups is 2. The van der Waals surface area contributed by atoms with Crippen molar-refractivity contribution < 1.29 is 14.3 Å². The molecule has 1 aromatic rings. The number of unbranched alkanes of at least 4 members (excludes halogenated alkanes) is 1. The predicted molar refractivity (Wildman–Crippen MR) is 123 cm³/mol. The standard InChI is InChI=1S/C27H35NO3/c1-6-7-12-31-18-10-8-17(9-11-18)23-24-19(13-26(2,3)15-21(24)29)28-20-14-27(4,5)16-22(30)25(20)23/h8-11,23,28H,6-7,12-16H2,1-5H3. The van der Waals surface area contributed by atoms with Crippen molar-refractivity contribution >= 4 is 11.6 Å². The summed E-state index contributed by atoms with van der Waals surface area (Å²) < 4.78 is 5.83. The van der Waals surface area contributed by atoms with Crippen molar-refractivity contribution in [3.63, 3.8) is 0 Å². The summed E-state index contributed by atoms with van der Waals surface area (Å²) in [4.78, 5) is 26.6. The van der Waals surface area contributed by atoms with E-state index in [4.69, 9.17) is 4.74 Å². The zero-order valence-corrected chi connectivity index (χ0v) is 19.6. The lowest BCUT2D eigenvalue weighted by Gasteiger charge is -2.44. The number of dihydropyridines is 1. The van der Waals surface area contributed by atoms with Crippen molar-refractivity contribution in [3.8, 4) is 5.75 Å². The highest BCUT2D eigenvalue weighted by atomic mass is 16.5. The quantitative estimate of drug-likeness (QED) is 0.607. The third-order valence-corrected chi connectivity index (χ3v) is 6.70. The number of allylic oxidation sites excluding steroid dienone is 4. The fraction of sp³-hybridized carbons (Fsp3) is 0.556. The van der Waals surface area contributed by atoms with E-state index in [9.17, 15) is 9.59 Å². The van der Waals surface area contributed by atoms with Gasteiger partial charge in [0.25, 0.3) is 0 Å². The second kappa shape index (κ2) is 7.96. The van der Waals surface area contributed by atoms with E-state index in [0.29, 0.717) is 19.4 Å². The first-order chi connectivity index (χ1) is 14.6. The fourth-order valence-corrected chi connectivity index (χ4v) is 5.31. The minimum Gasteiger partial charge on any atom is -0.494 e. The molecule has 0 unspecified atom stereocenters. The number of carbonyl (C=O) groups excluding carboxylic acids is 2. The molecular formula is C27H35NO3. The predicted octanol–water partition coefficient (Wildman–Crippen LogP) is 5.84. The molecule has 0 saturated heterocycles. The molecule has 0 atom stereocenters. The first-order valence-electron chi connectivity index (χ1n) is 11.6. The number of ether oxygens (including phenoxy) is 1. The number of hydrogen-bond donors (Lipinski definition) is 1. The van der Waals surface area contributed by atoms with Gasteiger partial charge < -0.3 is 10.1 Å². The average molecular weight is 422 g/mol. The molecule has 1 heterocycles. The molecular weight excluding hydrogens is 386 g/mol. The van der Waals surface area contributed by atoms with E-state index < -0.39 is 0 Å². The molecule has 4 nitrogen and oxygen atoms in total. The van der Waals surface area contributed by atoms with E-state index in [0.717, 1.165) is 59.5 Å². The average Bonchev–Trinajstić information content (AvgIpc) is 2.65. The van der Waals surface area contributed by atoms with E-state index in [2.05, 4.69) is 39.9 Å². The summed E-state index contributed by atoms with van der Waals surface area (Å²) in [5.74, 6) is 0.886. The van der Waals surface area contributed by atoms with Crippen LogP contribution in [-0.4, -0.2) is 18.2 Å². The van der Waals surface area contributed by atoms with Crippen LogP contribution in [-0.2, 0) is 9.59 Å². The van der Waals surface area contributed by atoms with Gasteiger partial charge in [-0.1, -0.05) is 53.2 Å². The molecule has 2 aliphatic carbocycles. The van der Waals surface area contributed by atoms with Crippen molar-refractivity contribution in [1.29, 1.82) is 0 Å². The fourth-order valence-electron chi connectivity index (χ4n) is 5.31. The number of nitrogens with one attached hydrogen (secondary N) is 1. The monoisotopic (exact) mass is 421 g/mol. The van der Waals surface area contributed by atoms with Crippen LogP contribution in [0.2, 0.25) is 0 Å². The summed E-state index contributed by atoms with van der Waals surface area (Å²) in [7, 11) is 0. The van der Waals surface area contributed by atoms with Gasteiger partial charge in [-0.3, -0.25) is 9.59 Å². The summed E-state index contributed by atoms with van der Waals surface area (Å²) in [6.45, 7) is 11.4. The lowest BCUT2D eigenvalue weighted by molar-refractivity contribution is -0.119. The van der Waals surface area contributed by atoms with E-state index >= 15 is 0 Å². The lowest BCUT2D eigenvalue weighted by Crippen LogP contribution is -2.42. The Morgan fingerprint density at radius 1 is 0.871 bits per heavy atom. The molecule has 31 heavy (non-hydrogen) atoms. The van der Waals surface area contributed by atoms with Crippen LogP contribution in [0, 0.1) is 10.8 Å². The molecule has 0 fully saturated rings. The first-order valence-corrected chi connectivity index (χ1v) is 11.6. The Bertz CT molecular complexity index is 911. The molecule has 4 rings (SSSR count). The topological polar surface area (TPSA) is 55.4 Å². The van der Waals surface area contributed by atoms with Gasteiger partial charge in [0.15, 0.2) is 11.6 Å². The van der Waals surface area contributed by atoms with E-state index in [1.165, 1.54) is 0 Å². The zero-order valence-electron chi connectivity index (χ0n) is 19.6. The van der Waals surface area contributed by atoms with E-state index in [-0.39, 0.29) is 28.3 Å². The highest BCUT2D eigenvalue weighted by molar-refractivity contribution is 6.06. The summed E-state index contributed by atoms with van der Waals surface area (Å²) in [5.41, 5.74) is 4.48. The van der Waals surface area contributed by atoms with Gasteiger partial charge in [0.05, 0.1) is 6.61 Å². The summed E-state index contributed by atoms with van der Waals surface area (Å²) in [6.07, 6.45) is 4.81. The molecule has 1 N–H and O–H groups in total. The van der Waals surface area contributed by atoms with Crippen LogP contribution in [0.5, 0.6) is 5.75 Å². The van der Waals surface area contributed by atoms with Gasteiger partial charge in [0.1, 0.15) is 5.75 Å². The normalized spacial score (nSPS) is 22.7. The van der Waals surface area contributed by atoms with Crippen LogP contribution in [0.25, 0.3) is 0 Å². The van der Waals surface area contributed by atoms with Gasteiger partial charge in [-0.15, -0.1) is 0 Å². The zero-order chi connectivity index (χ0) is 22.4. The molecule has 0 bridgehead atoms. The number of rotatable bonds is 5. The smallest absolute Gasteiger partial charge is 0.162 e. The van der Waals surface area contributed by atoms with E-state index in [1.807, 2.05) is 24.3 Å². The lowest BCUT2D eigenvalue weighted by atomic mass is 9.64. The molecule has 0 radical (unpaired) electrons. The largest absolute Gasteiger partial charge is 0.494 e. The Labute approximate surface area is 186 Å². The second-order valence-electron chi connectivity index (χ2n) is 11.0. The Morgan fingerprint density at radius 2 is 1.39 bits per heavy atom. The number of ketones is 2. The first kappa shape index (κ1) is 21.9. The Balaban J connectivity index is 1.76. The van der Waals surface area contributed by atoms with Gasteiger partial charge in [-0.05, 0) is 47.8 Å². The maximum Gasteiger partial charge on any atom is 0.162 e. The third-order valence-electron chi connectivity index (χ3n) is 6.70. The van der Waals surface area contributed by atoms with E-state index in [1.54, 1.807) is 0 Å². The highest BCUT2D eigenvalue weighted by Crippen LogP contribution is 2.51. The molecule has 0 saturated carbocycles. The molecule has 1 aliphatic heterocycles. The van der Waals surface area contributed by atoms with Gasteiger partial charge in [-0.2, -0.15) is 0 Å². The van der Waals surface area contributed by atoms with Gasteiger partial charge in [0.2, 0.25) is 0 Å². The van der Waals surface area contributed by atoms with Crippen LogP contribution in [0.4, 0.5) is 0 Å². The summed E-state index contributed by atoms with van der Waals surface area (Å²) in [6, 6.07) is 8.02. The Morgan fingerprint density at radius 3 is 1.87 bits per heavy atom. The molecule has 0 aromatic heterocycles. The van der Waals surface area contributed by atoms with Crippen LogP contribution in [0.15, 0.2) is 46.8 Å². The van der Waals surface area contributed by atoms with Crippen LogP contribution in [0.3, 0.4) is 0 Å². The van der Waals surface area contributed by atoms with Crippen molar-refractivity contribution in [2.45, 2.75) is 79.1 Å². The minimum atomic E-state index is -0.275. The summed E-state index contributed by atoms with van der Waals surface area (Å²) >= 11 is 0. The second-order valence-corrected chi connectivity index (χ2v) is 11.0. The minimum absolute atomic E-state index is 0.0727. The molecule has 3 aliphatic rings. The SMILES string of the molecule is CCCCOc1ccc(C2C3=C(CC(C)(C)CC3=O)NC3=C2C(=O)CC(C)(C)C3)cc1. The molecule has 0 amide bonds. The van der Waals surface area contributed by atoms with Crippen molar-refractivity contribution in [1.82, 2.24) is 5.32 Å². The number of hydrogen-bond acceptors (Lipinski definition) is 4. The Kier molecular flexibility index (Phi) is 5.61. The van der Waals surface area contributed by atoms with Crippen molar-refractivity contribution in [3.05, 3.63) is 52.4 Å². The van der Waals surface area contributed by atoms with Crippen LogP contribution >= 0.6 is 0 Å². The molecule has 0 spiro atoms. The Hall–Kier alpha value is -2.36.